The first-order chi connectivity index (χ1) is 7.72. The molecule has 1 aromatic rings. The Hall–Kier alpha value is -0.890. The van der Waals surface area contributed by atoms with E-state index in [1.165, 1.54) is 18.4 Å². The molecule has 0 radical (unpaired) electrons. The topological polar surface area (TPSA) is 12.0 Å². The summed E-state index contributed by atoms with van der Waals surface area (Å²) in [7, 11) is 0. The molecule has 2 heteroatoms. The molecule has 1 nitrogen and oxygen atoms in total. The molecule has 0 spiro atoms. The predicted molar refractivity (Wildman–Crippen MR) is 64.9 cm³/mol. The van der Waals surface area contributed by atoms with Crippen LogP contribution < -0.4 is 5.32 Å². The number of hydrogen-bond acceptors (Lipinski definition) is 1. The second-order valence-electron chi connectivity index (χ2n) is 4.77. The van der Waals surface area contributed by atoms with Gasteiger partial charge in [-0.25, -0.2) is 4.39 Å². The monoisotopic (exact) mass is 221 g/mol. The summed E-state index contributed by atoms with van der Waals surface area (Å²) < 4.78 is 13.3. The van der Waals surface area contributed by atoms with Crippen LogP contribution in [0.5, 0.6) is 0 Å². The second-order valence-corrected chi connectivity index (χ2v) is 4.77. The Morgan fingerprint density at radius 1 is 1.44 bits per heavy atom. The number of hydrogen-bond donors (Lipinski definition) is 1. The average Bonchev–Trinajstić information content (AvgIpc) is 3.08. The van der Waals surface area contributed by atoms with Crippen molar-refractivity contribution in [1.82, 2.24) is 5.32 Å². The summed E-state index contributed by atoms with van der Waals surface area (Å²) in [5.41, 5.74) is 2.35. The molecule has 1 N–H and O–H groups in total. The van der Waals surface area contributed by atoms with E-state index in [-0.39, 0.29) is 5.82 Å². The van der Waals surface area contributed by atoms with Gasteiger partial charge >= 0.3 is 0 Å². The molecule has 16 heavy (non-hydrogen) atoms. The van der Waals surface area contributed by atoms with Crippen molar-refractivity contribution in [3.05, 3.63) is 35.1 Å². The minimum atomic E-state index is -0.121. The van der Waals surface area contributed by atoms with Crippen molar-refractivity contribution < 1.29 is 4.39 Å². The van der Waals surface area contributed by atoms with Gasteiger partial charge in [-0.05, 0) is 61.9 Å². The highest BCUT2D eigenvalue weighted by molar-refractivity contribution is 5.30. The molecule has 0 saturated heterocycles. The van der Waals surface area contributed by atoms with Crippen LogP contribution in [-0.4, -0.2) is 6.54 Å². The number of nitrogens with one attached hydrogen (secondary N) is 1. The number of halogens is 1. The maximum atomic E-state index is 13.3. The van der Waals surface area contributed by atoms with Crippen molar-refractivity contribution in [2.75, 3.05) is 6.54 Å². The molecule has 0 bridgehead atoms. The van der Waals surface area contributed by atoms with Gasteiger partial charge in [0.05, 0.1) is 0 Å². The van der Waals surface area contributed by atoms with Gasteiger partial charge in [0.2, 0.25) is 0 Å². The van der Waals surface area contributed by atoms with Crippen LogP contribution in [0.1, 0.15) is 43.4 Å². The second kappa shape index (κ2) is 4.96. The van der Waals surface area contributed by atoms with E-state index in [2.05, 4.69) is 19.2 Å². The van der Waals surface area contributed by atoms with Crippen molar-refractivity contribution in [3.8, 4) is 0 Å². The standard InChI is InChI=1S/C14H20FN/c1-3-8-16-14(11-5-6-11)13-9-12(15)7-4-10(13)2/h4,7,9,11,14,16H,3,5-6,8H2,1-2H3. The zero-order chi connectivity index (χ0) is 11.5. The van der Waals surface area contributed by atoms with Crippen molar-refractivity contribution >= 4 is 0 Å². The molecule has 2 rings (SSSR count). The van der Waals surface area contributed by atoms with Crippen molar-refractivity contribution in [3.63, 3.8) is 0 Å². The predicted octanol–water partition coefficient (Wildman–Crippen LogP) is 3.58. The smallest absolute Gasteiger partial charge is 0.123 e. The highest BCUT2D eigenvalue weighted by atomic mass is 19.1. The van der Waals surface area contributed by atoms with Gasteiger partial charge in [0.15, 0.2) is 0 Å². The zero-order valence-corrected chi connectivity index (χ0v) is 10.1. The lowest BCUT2D eigenvalue weighted by Crippen LogP contribution is -2.24. The van der Waals surface area contributed by atoms with E-state index in [1.54, 1.807) is 12.1 Å². The van der Waals surface area contributed by atoms with Gasteiger partial charge in [0.1, 0.15) is 5.82 Å². The van der Waals surface area contributed by atoms with Gasteiger partial charge in [0, 0.05) is 6.04 Å². The summed E-state index contributed by atoms with van der Waals surface area (Å²) in [5, 5.41) is 3.55. The lowest BCUT2D eigenvalue weighted by Gasteiger charge is -2.20. The Bertz CT molecular complexity index is 358. The van der Waals surface area contributed by atoms with E-state index < -0.39 is 0 Å². The van der Waals surface area contributed by atoms with Crippen molar-refractivity contribution in [2.24, 2.45) is 5.92 Å². The van der Waals surface area contributed by atoms with E-state index >= 15 is 0 Å². The van der Waals surface area contributed by atoms with E-state index in [9.17, 15) is 4.39 Å². The van der Waals surface area contributed by atoms with Crippen LogP contribution in [0.25, 0.3) is 0 Å². The Balaban J connectivity index is 2.19. The molecule has 0 aromatic heterocycles. The first kappa shape index (κ1) is 11.6. The van der Waals surface area contributed by atoms with Gasteiger partial charge in [-0.2, -0.15) is 0 Å². The maximum absolute atomic E-state index is 13.3. The number of rotatable bonds is 5. The number of benzene rings is 1. The summed E-state index contributed by atoms with van der Waals surface area (Å²) in [4.78, 5) is 0. The Morgan fingerprint density at radius 2 is 2.19 bits per heavy atom. The molecule has 0 amide bonds. The van der Waals surface area contributed by atoms with Gasteiger partial charge in [0.25, 0.3) is 0 Å². The van der Waals surface area contributed by atoms with Gasteiger partial charge < -0.3 is 5.32 Å². The van der Waals surface area contributed by atoms with Crippen molar-refractivity contribution in [1.29, 1.82) is 0 Å². The van der Waals surface area contributed by atoms with Crippen LogP contribution in [0.15, 0.2) is 18.2 Å². The van der Waals surface area contributed by atoms with Crippen LogP contribution in [0.2, 0.25) is 0 Å². The Kier molecular flexibility index (Phi) is 3.59. The van der Waals surface area contributed by atoms with Crippen LogP contribution in [0.4, 0.5) is 4.39 Å². The summed E-state index contributed by atoms with van der Waals surface area (Å²) in [5.74, 6) is 0.594. The van der Waals surface area contributed by atoms with E-state index in [4.69, 9.17) is 0 Å². The third-order valence-electron chi connectivity index (χ3n) is 3.28. The first-order valence-electron chi connectivity index (χ1n) is 6.21. The lowest BCUT2D eigenvalue weighted by atomic mass is 9.97. The van der Waals surface area contributed by atoms with E-state index in [0.29, 0.717) is 12.0 Å². The molecular weight excluding hydrogens is 201 g/mol. The molecule has 1 unspecified atom stereocenters. The quantitative estimate of drug-likeness (QED) is 0.801. The fourth-order valence-corrected chi connectivity index (χ4v) is 2.21. The summed E-state index contributed by atoms with van der Waals surface area (Å²) in [6, 6.07) is 5.48. The average molecular weight is 221 g/mol. The van der Waals surface area contributed by atoms with Gasteiger partial charge in [-0.15, -0.1) is 0 Å². The van der Waals surface area contributed by atoms with Gasteiger partial charge in [-0.1, -0.05) is 13.0 Å². The third-order valence-corrected chi connectivity index (χ3v) is 3.28. The molecule has 0 aliphatic heterocycles. The Morgan fingerprint density at radius 3 is 2.81 bits per heavy atom. The summed E-state index contributed by atoms with van der Waals surface area (Å²) in [6.07, 6.45) is 3.67. The molecule has 0 heterocycles. The molecule has 1 saturated carbocycles. The SMILES string of the molecule is CCCNC(c1cc(F)ccc1C)C1CC1. The molecule has 1 atom stereocenters. The molecule has 1 fully saturated rings. The van der Waals surface area contributed by atoms with Crippen LogP contribution >= 0.6 is 0 Å². The fraction of sp³-hybridized carbons (Fsp3) is 0.571. The molecule has 1 aromatic carbocycles. The Labute approximate surface area is 97.1 Å². The first-order valence-corrected chi connectivity index (χ1v) is 6.21. The highest BCUT2D eigenvalue weighted by Crippen LogP contribution is 2.41. The lowest BCUT2D eigenvalue weighted by molar-refractivity contribution is 0.476. The molecule has 1 aliphatic carbocycles. The van der Waals surface area contributed by atoms with E-state index in [1.807, 2.05) is 6.07 Å². The van der Waals surface area contributed by atoms with Crippen LogP contribution in [0.3, 0.4) is 0 Å². The number of aryl methyl sites for hydroxylation is 1. The molecule has 88 valence electrons. The minimum absolute atomic E-state index is 0.121. The normalized spacial score (nSPS) is 17.4. The summed E-state index contributed by atoms with van der Waals surface area (Å²) in [6.45, 7) is 5.24. The third kappa shape index (κ3) is 2.62. The summed E-state index contributed by atoms with van der Waals surface area (Å²) >= 11 is 0. The largest absolute Gasteiger partial charge is 0.310 e. The van der Waals surface area contributed by atoms with Crippen LogP contribution in [-0.2, 0) is 0 Å². The van der Waals surface area contributed by atoms with Crippen molar-refractivity contribution in [2.45, 2.75) is 39.2 Å². The minimum Gasteiger partial charge on any atom is -0.310 e. The highest BCUT2D eigenvalue weighted by Gasteiger charge is 2.32. The fourth-order valence-electron chi connectivity index (χ4n) is 2.21. The maximum Gasteiger partial charge on any atom is 0.123 e. The molecular formula is C14H20FN. The van der Waals surface area contributed by atoms with Gasteiger partial charge in [-0.3, -0.25) is 0 Å². The van der Waals surface area contributed by atoms with Crippen LogP contribution in [0, 0.1) is 18.7 Å². The zero-order valence-electron chi connectivity index (χ0n) is 10.1. The molecule has 1 aliphatic rings. The van der Waals surface area contributed by atoms with E-state index in [0.717, 1.165) is 18.5 Å².